The Kier molecular flexibility index (Phi) is 7.52. The first-order valence-corrected chi connectivity index (χ1v) is 19.9. The molecular weight excluding hydrogens is 667 g/mol. The summed E-state index contributed by atoms with van der Waals surface area (Å²) < 4.78 is 7.19. The van der Waals surface area contributed by atoms with Crippen LogP contribution in [0.5, 0.6) is 0 Å². The zero-order valence-corrected chi connectivity index (χ0v) is 30.8. The second-order valence-corrected chi connectivity index (χ2v) is 15.4. The van der Waals surface area contributed by atoms with Crippen LogP contribution in [0.4, 0.5) is 17.1 Å². The highest BCUT2D eigenvalue weighted by atomic mass is 16.3. The molecule has 0 unspecified atom stereocenters. The largest absolute Gasteiger partial charge is 0.454 e. The fraction of sp³-hybridized carbons (Fsp3) is 0.132. The number of furan rings is 1. The monoisotopic (exact) mass is 707 g/mol. The van der Waals surface area contributed by atoms with Crippen molar-refractivity contribution >= 4 is 49.8 Å². The minimum absolute atomic E-state index is 0.532. The van der Waals surface area contributed by atoms with Crippen molar-refractivity contribution in [3.63, 3.8) is 0 Å². The van der Waals surface area contributed by atoms with Crippen molar-refractivity contribution in [2.45, 2.75) is 43.4 Å². The van der Waals surface area contributed by atoms with E-state index in [0.29, 0.717) is 5.92 Å². The van der Waals surface area contributed by atoms with E-state index >= 15 is 0 Å². The van der Waals surface area contributed by atoms with Gasteiger partial charge in [-0.1, -0.05) is 177 Å². The third kappa shape index (κ3) is 4.80. The average Bonchev–Trinajstić information content (AvgIpc) is 3.80. The molecular formula is C53H41NO. The third-order valence-electron chi connectivity index (χ3n) is 12.5. The summed E-state index contributed by atoms with van der Waals surface area (Å²) in [5.41, 5.74) is 13.8. The van der Waals surface area contributed by atoms with Gasteiger partial charge in [0.25, 0.3) is 0 Å². The van der Waals surface area contributed by atoms with Crippen molar-refractivity contribution in [2.24, 2.45) is 0 Å². The molecule has 11 rings (SSSR count). The molecule has 2 nitrogen and oxygen atoms in total. The maximum Gasteiger partial charge on any atom is 0.159 e. The lowest BCUT2D eigenvalue weighted by Gasteiger charge is -2.35. The Hall–Kier alpha value is -6.38. The predicted molar refractivity (Wildman–Crippen MR) is 229 cm³/mol. The van der Waals surface area contributed by atoms with Crippen LogP contribution in [0.15, 0.2) is 186 Å². The molecule has 0 saturated heterocycles. The third-order valence-corrected chi connectivity index (χ3v) is 12.5. The van der Waals surface area contributed by atoms with Crippen LogP contribution >= 0.6 is 0 Å². The van der Waals surface area contributed by atoms with E-state index in [1.807, 2.05) is 0 Å². The lowest BCUT2D eigenvalue weighted by Crippen LogP contribution is -2.28. The molecule has 0 spiro atoms. The topological polar surface area (TPSA) is 16.4 Å². The first-order valence-electron chi connectivity index (χ1n) is 19.9. The maximum atomic E-state index is 7.19. The molecule has 2 heteroatoms. The Morgan fingerprint density at radius 3 is 1.76 bits per heavy atom. The lowest BCUT2D eigenvalue weighted by atomic mass is 9.67. The molecule has 2 aliphatic rings. The van der Waals surface area contributed by atoms with E-state index in [-0.39, 0.29) is 0 Å². The van der Waals surface area contributed by atoms with Crippen molar-refractivity contribution in [3.8, 4) is 11.1 Å². The van der Waals surface area contributed by atoms with Crippen molar-refractivity contribution in [1.82, 2.24) is 0 Å². The highest BCUT2D eigenvalue weighted by Crippen LogP contribution is 2.60. The summed E-state index contributed by atoms with van der Waals surface area (Å²) in [5.74, 6) is 0.540. The molecule has 0 bridgehead atoms. The molecule has 0 atom stereocenters. The van der Waals surface area contributed by atoms with Crippen LogP contribution in [0, 0.1) is 0 Å². The Balaban J connectivity index is 1.25. The van der Waals surface area contributed by atoms with Gasteiger partial charge in [-0.3, -0.25) is 0 Å². The summed E-state index contributed by atoms with van der Waals surface area (Å²) in [6, 6.07) is 67.1. The molecule has 2 aliphatic carbocycles. The van der Waals surface area contributed by atoms with Gasteiger partial charge < -0.3 is 9.32 Å². The fourth-order valence-electron chi connectivity index (χ4n) is 10.2. The van der Waals surface area contributed by atoms with Crippen molar-refractivity contribution in [1.29, 1.82) is 0 Å². The molecule has 1 saturated carbocycles. The summed E-state index contributed by atoms with van der Waals surface area (Å²) in [7, 11) is 0. The summed E-state index contributed by atoms with van der Waals surface area (Å²) in [6.45, 7) is 0. The summed E-state index contributed by atoms with van der Waals surface area (Å²) in [4.78, 5) is 2.46. The minimum atomic E-state index is -0.532. The standard InChI is InChI=1S/C53H41NO/c1-5-19-36(20-6-1)40-30-17-31-43-44-32-18-34-48(52(44)55-51(40)43)54(39-25-11-4-12-26-39)49-35-47-50(42-28-14-13-27-41(42)49)45-29-15-16-33-46(45)53(47,37-21-7-2-8-22-37)38-23-9-3-10-24-38/h2-4,7-18,21-36H,1,5-6,19-20H2. The van der Waals surface area contributed by atoms with Crippen LogP contribution in [0.3, 0.4) is 0 Å². The molecule has 0 amide bonds. The smallest absolute Gasteiger partial charge is 0.159 e. The molecule has 264 valence electrons. The van der Waals surface area contributed by atoms with E-state index in [1.54, 1.807) is 0 Å². The highest BCUT2D eigenvalue weighted by Gasteiger charge is 2.47. The van der Waals surface area contributed by atoms with E-state index < -0.39 is 5.41 Å². The van der Waals surface area contributed by atoms with E-state index in [9.17, 15) is 0 Å². The fourth-order valence-corrected chi connectivity index (χ4v) is 10.2. The van der Waals surface area contributed by atoms with Gasteiger partial charge in [0.05, 0.1) is 16.8 Å². The van der Waals surface area contributed by atoms with Gasteiger partial charge in [0.1, 0.15) is 5.58 Å². The Morgan fingerprint density at radius 1 is 0.455 bits per heavy atom. The molecule has 0 N–H and O–H groups in total. The van der Waals surface area contributed by atoms with Crippen molar-refractivity contribution < 1.29 is 4.42 Å². The molecule has 8 aromatic carbocycles. The van der Waals surface area contributed by atoms with Crippen LogP contribution in [-0.4, -0.2) is 0 Å². The Labute approximate surface area is 322 Å². The normalized spacial score (nSPS) is 15.0. The quantitative estimate of drug-likeness (QED) is 0.171. The highest BCUT2D eigenvalue weighted by molar-refractivity contribution is 6.15. The van der Waals surface area contributed by atoms with Gasteiger partial charge in [-0.05, 0) is 87.4 Å². The summed E-state index contributed by atoms with van der Waals surface area (Å²) in [6.07, 6.45) is 6.37. The molecule has 0 aliphatic heterocycles. The van der Waals surface area contributed by atoms with Gasteiger partial charge >= 0.3 is 0 Å². The van der Waals surface area contributed by atoms with Gasteiger partial charge in [-0.25, -0.2) is 0 Å². The Bertz CT molecular complexity index is 2810. The summed E-state index contributed by atoms with van der Waals surface area (Å²) >= 11 is 0. The van der Waals surface area contributed by atoms with Crippen LogP contribution < -0.4 is 4.90 Å². The van der Waals surface area contributed by atoms with Gasteiger partial charge in [0.15, 0.2) is 5.58 Å². The summed E-state index contributed by atoms with van der Waals surface area (Å²) in [5, 5.41) is 4.81. The maximum absolute atomic E-state index is 7.19. The van der Waals surface area contributed by atoms with Gasteiger partial charge in [0, 0.05) is 21.8 Å². The van der Waals surface area contributed by atoms with E-state index in [0.717, 1.165) is 33.6 Å². The SMILES string of the molecule is c1ccc(N(c2cc3c(c4ccccc24)-c2ccccc2C3(c2ccccc2)c2ccccc2)c2cccc3c2oc2c(C4CCCCC4)cccc23)cc1. The zero-order valence-electron chi connectivity index (χ0n) is 30.8. The van der Waals surface area contributed by atoms with E-state index in [2.05, 4.69) is 187 Å². The van der Waals surface area contributed by atoms with Gasteiger partial charge in [-0.2, -0.15) is 0 Å². The van der Waals surface area contributed by atoms with E-state index in [1.165, 1.54) is 87.2 Å². The first-order chi connectivity index (χ1) is 27.3. The number of rotatable bonds is 6. The molecule has 1 aromatic heterocycles. The molecule has 0 radical (unpaired) electrons. The average molecular weight is 708 g/mol. The molecule has 55 heavy (non-hydrogen) atoms. The van der Waals surface area contributed by atoms with Crippen LogP contribution in [0.1, 0.15) is 65.8 Å². The number of hydrogen-bond acceptors (Lipinski definition) is 2. The lowest BCUT2D eigenvalue weighted by molar-refractivity contribution is 0.442. The van der Waals surface area contributed by atoms with Crippen LogP contribution in [0.2, 0.25) is 0 Å². The van der Waals surface area contributed by atoms with Crippen molar-refractivity contribution in [2.75, 3.05) is 4.90 Å². The Morgan fingerprint density at radius 2 is 1.04 bits per heavy atom. The number of para-hydroxylation sites is 3. The number of hydrogen-bond donors (Lipinski definition) is 0. The van der Waals surface area contributed by atoms with Gasteiger partial charge in [-0.15, -0.1) is 0 Å². The molecule has 1 heterocycles. The molecule has 9 aromatic rings. The number of benzene rings is 8. The second kappa shape index (κ2) is 12.9. The number of nitrogens with zero attached hydrogens (tertiary/aromatic N) is 1. The minimum Gasteiger partial charge on any atom is -0.454 e. The van der Waals surface area contributed by atoms with Crippen molar-refractivity contribution in [3.05, 3.63) is 210 Å². The second-order valence-electron chi connectivity index (χ2n) is 15.4. The van der Waals surface area contributed by atoms with E-state index in [4.69, 9.17) is 4.42 Å². The molecule has 1 fully saturated rings. The van der Waals surface area contributed by atoms with Gasteiger partial charge in [0.2, 0.25) is 0 Å². The zero-order chi connectivity index (χ0) is 36.3. The predicted octanol–water partition coefficient (Wildman–Crippen LogP) is 14.6. The number of anilines is 3. The number of fused-ring (bicyclic) bond motifs is 8. The first kappa shape index (κ1) is 32.1. The van der Waals surface area contributed by atoms with Crippen LogP contribution in [-0.2, 0) is 5.41 Å². The van der Waals surface area contributed by atoms with Crippen LogP contribution in [0.25, 0.3) is 43.8 Å².